The number of furan rings is 1. The molecule has 0 saturated heterocycles. The van der Waals surface area contributed by atoms with Gasteiger partial charge in [0.25, 0.3) is 5.91 Å². The number of carbonyl (C=O) groups is 2. The molecule has 0 aliphatic heterocycles. The summed E-state index contributed by atoms with van der Waals surface area (Å²) >= 11 is 0. The summed E-state index contributed by atoms with van der Waals surface area (Å²) in [6.07, 6.45) is 3.60. The third-order valence-corrected chi connectivity index (χ3v) is 7.69. The van der Waals surface area contributed by atoms with Gasteiger partial charge in [-0.25, -0.2) is 8.42 Å². The Kier molecular flexibility index (Phi) is 7.08. The Bertz CT molecular complexity index is 1410. The lowest BCUT2D eigenvalue weighted by atomic mass is 10.0. The molecule has 2 aromatic heterocycles. The van der Waals surface area contributed by atoms with Gasteiger partial charge in [-0.3, -0.25) is 13.9 Å². The van der Waals surface area contributed by atoms with E-state index in [9.17, 15) is 23.1 Å². The molecule has 1 aliphatic carbocycles. The van der Waals surface area contributed by atoms with Crippen LogP contribution in [0.5, 0.6) is 0 Å². The maximum atomic E-state index is 12.9. The third-order valence-electron chi connectivity index (χ3n) is 6.53. The molecule has 1 amide bonds. The van der Waals surface area contributed by atoms with Gasteiger partial charge in [-0.15, -0.1) is 0 Å². The van der Waals surface area contributed by atoms with E-state index in [1.165, 1.54) is 4.31 Å². The molecule has 0 spiro atoms. The molecular weight excluding hydrogens is 482 g/mol. The largest absolute Gasteiger partial charge is 0.481 e. The van der Waals surface area contributed by atoms with Crippen molar-refractivity contribution in [3.8, 4) is 11.3 Å². The van der Waals surface area contributed by atoms with Gasteiger partial charge in [-0.2, -0.15) is 4.98 Å². The monoisotopic (exact) mass is 513 g/mol. The van der Waals surface area contributed by atoms with Crippen LogP contribution in [0.25, 0.3) is 22.4 Å². The molecule has 0 bridgehead atoms. The molecule has 2 N–H and O–H groups in total. The number of anilines is 1. The van der Waals surface area contributed by atoms with Crippen molar-refractivity contribution in [2.45, 2.75) is 45.4 Å². The van der Waals surface area contributed by atoms with Crippen LogP contribution in [-0.4, -0.2) is 50.2 Å². The molecule has 10 heteroatoms. The number of nitrogens with one attached hydrogen (secondary N) is 1. The second-order valence-electron chi connectivity index (χ2n) is 9.50. The Morgan fingerprint density at radius 2 is 1.92 bits per heavy atom. The number of pyridine rings is 1. The molecule has 192 valence electrons. The molecule has 0 unspecified atom stereocenters. The zero-order valence-electron chi connectivity index (χ0n) is 20.9. The van der Waals surface area contributed by atoms with Crippen LogP contribution in [0.2, 0.25) is 0 Å². The van der Waals surface area contributed by atoms with Crippen molar-refractivity contribution < 1.29 is 27.5 Å². The number of aryl methyl sites for hydroxylation is 1. The van der Waals surface area contributed by atoms with E-state index < -0.39 is 21.9 Å². The van der Waals surface area contributed by atoms with Crippen LogP contribution in [0, 0.1) is 12.8 Å². The highest BCUT2D eigenvalue weighted by molar-refractivity contribution is 7.92. The van der Waals surface area contributed by atoms with E-state index in [2.05, 4.69) is 10.3 Å². The molecule has 1 atom stereocenters. The zero-order valence-corrected chi connectivity index (χ0v) is 21.7. The maximum absolute atomic E-state index is 12.9. The van der Waals surface area contributed by atoms with E-state index in [-0.39, 0.29) is 29.9 Å². The molecule has 0 radical (unpaired) electrons. The lowest BCUT2D eigenvalue weighted by Crippen LogP contribution is -2.33. The molecule has 1 aromatic carbocycles. The van der Waals surface area contributed by atoms with Gasteiger partial charge in [-0.05, 0) is 50.2 Å². The molecule has 4 rings (SSSR count). The van der Waals surface area contributed by atoms with Gasteiger partial charge in [0.1, 0.15) is 11.6 Å². The minimum Gasteiger partial charge on any atom is -0.481 e. The quantitative estimate of drug-likeness (QED) is 0.413. The van der Waals surface area contributed by atoms with Gasteiger partial charge in [0.05, 0.1) is 23.1 Å². The van der Waals surface area contributed by atoms with Crippen LogP contribution in [0.1, 0.15) is 60.0 Å². The standard InChI is InChI=1S/C26H31N3O6S/c1-15-7-9-18(10-8-15)22-21(24(30)27-3)20-14-19(17-11-12-17)23(28-25(20)35-22)29(36(4,33)34)13-5-6-16(2)26(31)32/h7-10,14,16-17H,5-6,11-13H2,1-4H3,(H,27,30)(H,31,32)/t16-/m1/s1. The average molecular weight is 514 g/mol. The number of nitrogens with zero attached hydrogens (tertiary/aromatic N) is 2. The van der Waals surface area contributed by atoms with Crippen LogP contribution < -0.4 is 9.62 Å². The second kappa shape index (κ2) is 9.93. The highest BCUT2D eigenvalue weighted by atomic mass is 32.2. The number of sulfonamides is 1. The SMILES string of the molecule is CNC(=O)c1c(-c2ccc(C)cc2)oc2nc(N(CCC[C@@H](C)C(=O)O)S(C)(=O)=O)c(C3CC3)cc12. The van der Waals surface area contributed by atoms with Crippen molar-refractivity contribution in [1.82, 2.24) is 10.3 Å². The number of hydrogen-bond donors (Lipinski definition) is 2. The van der Waals surface area contributed by atoms with Crippen molar-refractivity contribution in [3.05, 3.63) is 47.0 Å². The fourth-order valence-electron chi connectivity index (χ4n) is 4.28. The van der Waals surface area contributed by atoms with Crippen molar-refractivity contribution in [3.63, 3.8) is 0 Å². The molecule has 1 saturated carbocycles. The topological polar surface area (TPSA) is 130 Å². The van der Waals surface area contributed by atoms with Gasteiger partial charge >= 0.3 is 5.97 Å². The van der Waals surface area contributed by atoms with Crippen LogP contribution in [-0.2, 0) is 14.8 Å². The Morgan fingerprint density at radius 1 is 1.25 bits per heavy atom. The molecule has 2 heterocycles. The summed E-state index contributed by atoms with van der Waals surface area (Å²) in [6.45, 7) is 3.67. The Morgan fingerprint density at radius 3 is 2.47 bits per heavy atom. The predicted octanol–water partition coefficient (Wildman–Crippen LogP) is 4.31. The van der Waals surface area contributed by atoms with Gasteiger partial charge in [0, 0.05) is 19.2 Å². The highest BCUT2D eigenvalue weighted by Gasteiger charge is 2.34. The summed E-state index contributed by atoms with van der Waals surface area (Å²) in [5.74, 6) is -1.03. The number of amides is 1. The summed E-state index contributed by atoms with van der Waals surface area (Å²) in [5, 5.41) is 12.4. The first-order chi connectivity index (χ1) is 17.0. The number of hydrogen-bond acceptors (Lipinski definition) is 6. The van der Waals surface area contributed by atoms with Crippen LogP contribution >= 0.6 is 0 Å². The Hall–Kier alpha value is -3.40. The second-order valence-corrected chi connectivity index (χ2v) is 11.4. The normalized spacial score (nSPS) is 14.6. The van der Waals surface area contributed by atoms with E-state index in [0.717, 1.165) is 30.2 Å². The number of aliphatic carboxylic acids is 1. The van der Waals surface area contributed by atoms with Crippen LogP contribution in [0.3, 0.4) is 0 Å². The fraction of sp³-hybridized carbons (Fsp3) is 0.423. The average Bonchev–Trinajstić information content (AvgIpc) is 3.60. The summed E-state index contributed by atoms with van der Waals surface area (Å²) in [6, 6.07) is 9.42. The van der Waals surface area contributed by atoms with Gasteiger partial charge in [-0.1, -0.05) is 36.8 Å². The van der Waals surface area contributed by atoms with Crippen molar-refractivity contribution in [2.24, 2.45) is 5.92 Å². The number of fused-ring (bicyclic) bond motifs is 1. The van der Waals surface area contributed by atoms with Crippen molar-refractivity contribution >= 4 is 38.8 Å². The summed E-state index contributed by atoms with van der Waals surface area (Å²) in [7, 11) is -2.16. The first-order valence-electron chi connectivity index (χ1n) is 12.0. The summed E-state index contributed by atoms with van der Waals surface area (Å²) in [4.78, 5) is 28.8. The number of aromatic nitrogens is 1. The first kappa shape index (κ1) is 25.7. The number of carboxylic acid groups (broad SMARTS) is 1. The molecule has 9 nitrogen and oxygen atoms in total. The molecule has 1 fully saturated rings. The molecule has 3 aromatic rings. The molecule has 1 aliphatic rings. The van der Waals surface area contributed by atoms with E-state index in [1.807, 2.05) is 37.3 Å². The van der Waals surface area contributed by atoms with E-state index >= 15 is 0 Å². The Balaban J connectivity index is 1.85. The van der Waals surface area contributed by atoms with Crippen molar-refractivity contribution in [2.75, 3.05) is 24.2 Å². The maximum Gasteiger partial charge on any atom is 0.306 e. The van der Waals surface area contributed by atoms with Gasteiger partial charge in [0.2, 0.25) is 15.7 Å². The predicted molar refractivity (Wildman–Crippen MR) is 138 cm³/mol. The zero-order chi connectivity index (χ0) is 26.2. The minimum atomic E-state index is -3.71. The van der Waals surface area contributed by atoms with Gasteiger partial charge < -0.3 is 14.8 Å². The first-order valence-corrected chi connectivity index (χ1v) is 13.8. The lowest BCUT2D eigenvalue weighted by Gasteiger charge is -2.24. The third kappa shape index (κ3) is 5.23. The smallest absolute Gasteiger partial charge is 0.306 e. The van der Waals surface area contributed by atoms with E-state index in [0.29, 0.717) is 35.1 Å². The molecule has 36 heavy (non-hydrogen) atoms. The van der Waals surface area contributed by atoms with E-state index in [4.69, 9.17) is 4.42 Å². The van der Waals surface area contributed by atoms with Gasteiger partial charge in [0.15, 0.2) is 0 Å². The number of rotatable bonds is 10. The van der Waals surface area contributed by atoms with E-state index in [1.54, 1.807) is 14.0 Å². The molecular formula is C26H31N3O6S. The minimum absolute atomic E-state index is 0.0997. The number of carboxylic acids is 1. The van der Waals surface area contributed by atoms with Crippen LogP contribution in [0.15, 0.2) is 34.7 Å². The Labute approximate surface area is 210 Å². The number of carbonyl (C=O) groups excluding carboxylic acids is 1. The summed E-state index contributed by atoms with van der Waals surface area (Å²) < 4.78 is 33.0. The highest BCUT2D eigenvalue weighted by Crippen LogP contribution is 2.46. The fourth-order valence-corrected chi connectivity index (χ4v) is 5.20. The van der Waals surface area contributed by atoms with Crippen molar-refractivity contribution in [1.29, 1.82) is 0 Å². The lowest BCUT2D eigenvalue weighted by molar-refractivity contribution is -0.141. The van der Waals surface area contributed by atoms with Crippen LogP contribution in [0.4, 0.5) is 5.82 Å². The number of benzene rings is 1. The summed E-state index contributed by atoms with van der Waals surface area (Å²) in [5.41, 5.74) is 3.07.